The Morgan fingerprint density at radius 1 is 1.19 bits per heavy atom. The summed E-state index contributed by atoms with van der Waals surface area (Å²) in [4.78, 5) is 23.2. The third-order valence-corrected chi connectivity index (χ3v) is 3.81. The molecule has 1 saturated carbocycles. The number of benzene rings is 1. The zero-order valence-corrected chi connectivity index (χ0v) is 11.7. The molecule has 2 rings (SSSR count). The van der Waals surface area contributed by atoms with Crippen LogP contribution in [0.3, 0.4) is 0 Å². The summed E-state index contributed by atoms with van der Waals surface area (Å²) in [5.41, 5.74) is -0.880. The number of hydrogen-bond acceptors (Lipinski definition) is 2. The lowest BCUT2D eigenvalue weighted by Gasteiger charge is -2.27. The van der Waals surface area contributed by atoms with E-state index in [9.17, 15) is 18.4 Å². The standard InChI is InChI=1S/C15H17F2NO3/c1-8-3-2-4-9(5-8)18-14(19)10-6-12(16)13(17)7-11(10)15(20)21/h6-9H,2-5H2,1H3,(H,18,19)(H,20,21). The number of amides is 1. The van der Waals surface area contributed by atoms with E-state index < -0.39 is 29.1 Å². The molecule has 1 aliphatic carbocycles. The van der Waals surface area contributed by atoms with Gasteiger partial charge in [0.1, 0.15) is 0 Å². The molecule has 0 aliphatic heterocycles. The maximum absolute atomic E-state index is 13.3. The molecule has 2 N–H and O–H groups in total. The number of aromatic carboxylic acids is 1. The van der Waals surface area contributed by atoms with Crippen LogP contribution < -0.4 is 5.32 Å². The first-order valence-electron chi connectivity index (χ1n) is 6.91. The summed E-state index contributed by atoms with van der Waals surface area (Å²) in [7, 11) is 0. The van der Waals surface area contributed by atoms with Crippen LogP contribution in [0.15, 0.2) is 12.1 Å². The highest BCUT2D eigenvalue weighted by molar-refractivity contribution is 6.04. The first kappa shape index (κ1) is 15.4. The molecule has 2 unspecified atom stereocenters. The first-order chi connectivity index (χ1) is 9.88. The van der Waals surface area contributed by atoms with E-state index in [1.54, 1.807) is 0 Å². The monoisotopic (exact) mass is 297 g/mol. The SMILES string of the molecule is CC1CCCC(NC(=O)c2cc(F)c(F)cc2C(=O)O)C1. The Morgan fingerprint density at radius 3 is 2.38 bits per heavy atom. The van der Waals surface area contributed by atoms with Gasteiger partial charge in [-0.05, 0) is 30.9 Å². The van der Waals surface area contributed by atoms with Gasteiger partial charge in [0.2, 0.25) is 0 Å². The molecule has 0 bridgehead atoms. The molecule has 1 fully saturated rings. The van der Waals surface area contributed by atoms with Crippen LogP contribution in [0.4, 0.5) is 8.78 Å². The number of halogens is 2. The largest absolute Gasteiger partial charge is 0.478 e. The van der Waals surface area contributed by atoms with E-state index >= 15 is 0 Å². The van der Waals surface area contributed by atoms with Crippen molar-refractivity contribution in [3.8, 4) is 0 Å². The van der Waals surface area contributed by atoms with E-state index in [2.05, 4.69) is 12.2 Å². The lowest BCUT2D eigenvalue weighted by Crippen LogP contribution is -2.38. The minimum absolute atomic E-state index is 0.0593. The Balaban J connectivity index is 2.22. The molecule has 1 aromatic carbocycles. The molecule has 1 amide bonds. The Kier molecular flexibility index (Phi) is 4.55. The first-order valence-corrected chi connectivity index (χ1v) is 6.91. The summed E-state index contributed by atoms with van der Waals surface area (Å²) in [5, 5.41) is 11.7. The Labute approximate surface area is 121 Å². The quantitative estimate of drug-likeness (QED) is 0.901. The molecule has 0 aromatic heterocycles. The summed E-state index contributed by atoms with van der Waals surface area (Å²) in [6.07, 6.45) is 3.69. The van der Waals surface area contributed by atoms with Crippen molar-refractivity contribution in [1.29, 1.82) is 0 Å². The fourth-order valence-corrected chi connectivity index (χ4v) is 2.74. The van der Waals surface area contributed by atoms with Gasteiger partial charge in [0.25, 0.3) is 5.91 Å². The van der Waals surface area contributed by atoms with Crippen LogP contribution in [-0.4, -0.2) is 23.0 Å². The summed E-state index contributed by atoms with van der Waals surface area (Å²) >= 11 is 0. The van der Waals surface area contributed by atoms with Crippen molar-refractivity contribution in [3.63, 3.8) is 0 Å². The number of hydrogen-bond donors (Lipinski definition) is 2. The van der Waals surface area contributed by atoms with Gasteiger partial charge in [-0.1, -0.05) is 19.8 Å². The predicted octanol–water partition coefficient (Wildman–Crippen LogP) is 2.97. The van der Waals surface area contributed by atoms with E-state index in [0.717, 1.165) is 25.7 Å². The minimum atomic E-state index is -1.46. The van der Waals surface area contributed by atoms with E-state index in [0.29, 0.717) is 18.1 Å². The summed E-state index contributed by atoms with van der Waals surface area (Å²) in [6.45, 7) is 2.08. The molecule has 1 aromatic rings. The van der Waals surface area contributed by atoms with E-state index in [4.69, 9.17) is 5.11 Å². The molecule has 0 spiro atoms. The lowest BCUT2D eigenvalue weighted by atomic mass is 9.87. The van der Waals surface area contributed by atoms with Crippen LogP contribution in [0.25, 0.3) is 0 Å². The van der Waals surface area contributed by atoms with E-state index in [1.807, 2.05) is 0 Å². The zero-order valence-electron chi connectivity index (χ0n) is 11.7. The molecule has 1 aliphatic rings. The van der Waals surface area contributed by atoms with E-state index in [-0.39, 0.29) is 11.6 Å². The van der Waals surface area contributed by atoms with Crippen LogP contribution in [-0.2, 0) is 0 Å². The molecule has 21 heavy (non-hydrogen) atoms. The average Bonchev–Trinajstić information content (AvgIpc) is 2.41. The maximum Gasteiger partial charge on any atom is 0.336 e. The molecule has 6 heteroatoms. The average molecular weight is 297 g/mol. The van der Waals surface area contributed by atoms with Gasteiger partial charge in [0.05, 0.1) is 11.1 Å². The van der Waals surface area contributed by atoms with Crippen molar-refractivity contribution in [1.82, 2.24) is 5.32 Å². The Hall–Kier alpha value is -1.98. The molecular weight excluding hydrogens is 280 g/mol. The lowest BCUT2D eigenvalue weighted by molar-refractivity contribution is 0.0689. The smallest absolute Gasteiger partial charge is 0.336 e. The molecule has 0 radical (unpaired) electrons. The van der Waals surface area contributed by atoms with Crippen LogP contribution in [0.5, 0.6) is 0 Å². The van der Waals surface area contributed by atoms with Gasteiger partial charge in [-0.3, -0.25) is 4.79 Å². The van der Waals surface area contributed by atoms with Gasteiger partial charge in [0, 0.05) is 6.04 Å². The second kappa shape index (κ2) is 6.20. The summed E-state index contributed by atoms with van der Waals surface area (Å²) in [6, 6.07) is 1.12. The highest BCUT2D eigenvalue weighted by Gasteiger charge is 2.24. The predicted molar refractivity (Wildman–Crippen MR) is 72.2 cm³/mol. The molecule has 0 heterocycles. The van der Waals surface area contributed by atoms with Crippen LogP contribution in [0.1, 0.15) is 53.3 Å². The maximum atomic E-state index is 13.3. The Bertz CT molecular complexity index is 574. The molecule has 0 saturated heterocycles. The molecule has 4 nitrogen and oxygen atoms in total. The topological polar surface area (TPSA) is 66.4 Å². The van der Waals surface area contributed by atoms with Crippen LogP contribution >= 0.6 is 0 Å². The molecule has 2 atom stereocenters. The second-order valence-electron chi connectivity index (χ2n) is 5.56. The third-order valence-electron chi connectivity index (χ3n) is 3.81. The number of carbonyl (C=O) groups excluding carboxylic acids is 1. The number of rotatable bonds is 3. The van der Waals surface area contributed by atoms with Gasteiger partial charge in [-0.2, -0.15) is 0 Å². The summed E-state index contributed by atoms with van der Waals surface area (Å²) < 4.78 is 26.4. The Morgan fingerprint density at radius 2 is 1.81 bits per heavy atom. The van der Waals surface area contributed by atoms with Crippen molar-refractivity contribution in [2.24, 2.45) is 5.92 Å². The summed E-state index contributed by atoms with van der Waals surface area (Å²) in [5.74, 6) is -4.17. The van der Waals surface area contributed by atoms with Crippen molar-refractivity contribution in [2.45, 2.75) is 38.6 Å². The molecular formula is C15H17F2NO3. The van der Waals surface area contributed by atoms with Crippen molar-refractivity contribution >= 4 is 11.9 Å². The fraction of sp³-hybridized carbons (Fsp3) is 0.467. The van der Waals surface area contributed by atoms with E-state index in [1.165, 1.54) is 0 Å². The third kappa shape index (κ3) is 3.56. The van der Waals surface area contributed by atoms with Crippen LogP contribution in [0, 0.1) is 17.6 Å². The highest BCUT2D eigenvalue weighted by atomic mass is 19.2. The number of carbonyl (C=O) groups is 2. The number of carboxylic acid groups (broad SMARTS) is 1. The van der Waals surface area contributed by atoms with Crippen molar-refractivity contribution in [3.05, 3.63) is 34.9 Å². The van der Waals surface area contributed by atoms with Gasteiger partial charge in [-0.25, -0.2) is 13.6 Å². The highest BCUT2D eigenvalue weighted by Crippen LogP contribution is 2.24. The second-order valence-corrected chi connectivity index (χ2v) is 5.56. The minimum Gasteiger partial charge on any atom is -0.478 e. The fourth-order valence-electron chi connectivity index (χ4n) is 2.74. The zero-order chi connectivity index (χ0) is 15.6. The van der Waals surface area contributed by atoms with Crippen molar-refractivity contribution < 1.29 is 23.5 Å². The van der Waals surface area contributed by atoms with Gasteiger partial charge >= 0.3 is 5.97 Å². The van der Waals surface area contributed by atoms with Gasteiger partial charge in [-0.15, -0.1) is 0 Å². The van der Waals surface area contributed by atoms with Gasteiger partial charge < -0.3 is 10.4 Å². The van der Waals surface area contributed by atoms with Crippen molar-refractivity contribution in [2.75, 3.05) is 0 Å². The normalized spacial score (nSPS) is 21.9. The molecule has 114 valence electrons. The van der Waals surface area contributed by atoms with Crippen LogP contribution in [0.2, 0.25) is 0 Å². The van der Waals surface area contributed by atoms with Gasteiger partial charge in [0.15, 0.2) is 11.6 Å². The number of carboxylic acids is 1. The number of nitrogens with one attached hydrogen (secondary N) is 1.